The Bertz CT molecular complexity index is 1780. The van der Waals surface area contributed by atoms with Crippen LogP contribution < -0.4 is 5.56 Å². The van der Waals surface area contributed by atoms with E-state index in [1.807, 2.05) is 48.5 Å². The Morgan fingerprint density at radius 2 is 1.94 bits per heavy atom. The molecule has 0 aliphatic rings. The van der Waals surface area contributed by atoms with Crippen molar-refractivity contribution in [3.63, 3.8) is 0 Å². The normalized spacial score (nSPS) is 11.9. The molecule has 0 unspecified atom stereocenters. The van der Waals surface area contributed by atoms with E-state index in [1.54, 1.807) is 15.1 Å². The van der Waals surface area contributed by atoms with Crippen LogP contribution in [0.5, 0.6) is 0 Å². The summed E-state index contributed by atoms with van der Waals surface area (Å²) in [4.78, 5) is 29.8. The van der Waals surface area contributed by atoms with Gasteiger partial charge in [0.1, 0.15) is 6.61 Å². The second kappa shape index (κ2) is 7.61. The Labute approximate surface area is 189 Å². The minimum Gasteiger partial charge on any atom is -0.456 e. The topological polar surface area (TPSA) is 104 Å². The molecular weight excluding hydrogens is 440 g/mol. The van der Waals surface area contributed by atoms with Crippen molar-refractivity contribution in [2.75, 3.05) is 0 Å². The van der Waals surface area contributed by atoms with Gasteiger partial charge in [0.25, 0.3) is 5.56 Å². The van der Waals surface area contributed by atoms with E-state index in [9.17, 15) is 9.59 Å². The lowest BCUT2D eigenvalue weighted by Gasteiger charge is -2.02. The second-order valence-electron chi connectivity index (χ2n) is 7.24. The SMILES string of the molecule is O=C(/C=C/c1nnc2c3ccccc3cnn12)OCc1cc(=O)n2c(n1)sc1ccccc12. The molecule has 160 valence electrons. The minimum absolute atomic E-state index is 0.118. The van der Waals surface area contributed by atoms with Gasteiger partial charge in [0, 0.05) is 22.9 Å². The Balaban J connectivity index is 1.22. The Morgan fingerprint density at radius 1 is 1.09 bits per heavy atom. The maximum absolute atomic E-state index is 12.6. The van der Waals surface area contributed by atoms with Gasteiger partial charge < -0.3 is 4.74 Å². The zero-order chi connectivity index (χ0) is 22.4. The van der Waals surface area contributed by atoms with Crippen LogP contribution in [0, 0.1) is 0 Å². The molecule has 4 heterocycles. The molecule has 33 heavy (non-hydrogen) atoms. The van der Waals surface area contributed by atoms with Crippen molar-refractivity contribution in [2.24, 2.45) is 0 Å². The largest absolute Gasteiger partial charge is 0.456 e. The van der Waals surface area contributed by atoms with Crippen molar-refractivity contribution in [2.45, 2.75) is 6.61 Å². The molecule has 0 aliphatic heterocycles. The number of hydrogen-bond acceptors (Lipinski definition) is 8. The van der Waals surface area contributed by atoms with Gasteiger partial charge in [0.15, 0.2) is 16.4 Å². The number of benzene rings is 2. The molecule has 0 amide bonds. The van der Waals surface area contributed by atoms with E-state index in [-0.39, 0.29) is 12.2 Å². The molecule has 0 bridgehead atoms. The molecule has 10 heteroatoms. The molecule has 0 spiro atoms. The number of carbonyl (C=O) groups is 1. The fraction of sp³-hybridized carbons (Fsp3) is 0.0435. The quantitative estimate of drug-likeness (QED) is 0.297. The standard InChI is InChI=1S/C23H14N6O3S/c30-20-11-15(25-23-28(20)17-7-3-4-8-18(17)33-23)13-32-21(31)10-9-19-26-27-22-16-6-2-1-5-14(16)12-24-29(19)22/h1-12H,13H2/b10-9+. The first kappa shape index (κ1) is 19.3. The molecule has 0 aliphatic carbocycles. The van der Waals surface area contributed by atoms with Crippen molar-refractivity contribution in [3.8, 4) is 0 Å². The van der Waals surface area contributed by atoms with Crippen molar-refractivity contribution in [1.82, 2.24) is 29.2 Å². The molecule has 0 radical (unpaired) electrons. The highest BCUT2D eigenvalue weighted by atomic mass is 32.1. The van der Waals surface area contributed by atoms with Gasteiger partial charge >= 0.3 is 5.97 Å². The van der Waals surface area contributed by atoms with Gasteiger partial charge in [-0.25, -0.2) is 9.78 Å². The van der Waals surface area contributed by atoms with Crippen molar-refractivity contribution >= 4 is 55.0 Å². The molecular formula is C23H14N6O3S. The first-order valence-corrected chi connectivity index (χ1v) is 10.8. The lowest BCUT2D eigenvalue weighted by atomic mass is 10.2. The van der Waals surface area contributed by atoms with Crippen LogP contribution in [0.3, 0.4) is 0 Å². The molecule has 0 saturated heterocycles. The number of ether oxygens (including phenoxy) is 1. The number of para-hydroxylation sites is 1. The molecule has 6 aromatic rings. The first-order chi connectivity index (χ1) is 16.2. The van der Waals surface area contributed by atoms with Crippen LogP contribution in [0.2, 0.25) is 0 Å². The van der Waals surface area contributed by atoms with Crippen molar-refractivity contribution in [3.05, 3.63) is 88.7 Å². The van der Waals surface area contributed by atoms with Gasteiger partial charge in [-0.2, -0.15) is 9.61 Å². The summed E-state index contributed by atoms with van der Waals surface area (Å²) in [6.45, 7) is -0.118. The second-order valence-corrected chi connectivity index (χ2v) is 8.25. The minimum atomic E-state index is -0.592. The summed E-state index contributed by atoms with van der Waals surface area (Å²) in [6, 6.07) is 16.7. The number of aromatic nitrogens is 6. The molecule has 9 nitrogen and oxygen atoms in total. The predicted molar refractivity (Wildman–Crippen MR) is 124 cm³/mol. The van der Waals surface area contributed by atoms with E-state index < -0.39 is 5.97 Å². The summed E-state index contributed by atoms with van der Waals surface area (Å²) in [7, 11) is 0. The maximum atomic E-state index is 12.6. The molecule has 0 fully saturated rings. The van der Waals surface area contributed by atoms with Crippen molar-refractivity contribution in [1.29, 1.82) is 0 Å². The average Bonchev–Trinajstić information content (AvgIpc) is 3.43. The highest BCUT2D eigenvalue weighted by Crippen LogP contribution is 2.23. The van der Waals surface area contributed by atoms with Crippen LogP contribution in [0.15, 0.2) is 71.7 Å². The van der Waals surface area contributed by atoms with Crippen LogP contribution >= 0.6 is 11.3 Å². The molecule has 6 rings (SSSR count). The van der Waals surface area contributed by atoms with Crippen LogP contribution in [-0.2, 0) is 16.1 Å². The third-order valence-electron chi connectivity index (χ3n) is 5.16. The highest BCUT2D eigenvalue weighted by molar-refractivity contribution is 7.23. The summed E-state index contributed by atoms with van der Waals surface area (Å²) in [5.41, 5.74) is 1.58. The number of hydrogen-bond donors (Lipinski definition) is 0. The van der Waals surface area contributed by atoms with E-state index in [0.29, 0.717) is 22.1 Å². The Hall–Kier alpha value is -4.44. The maximum Gasteiger partial charge on any atom is 0.331 e. The van der Waals surface area contributed by atoms with Crippen LogP contribution in [0.1, 0.15) is 11.5 Å². The number of thiazole rings is 1. The number of rotatable bonds is 4. The molecule has 4 aromatic heterocycles. The third kappa shape index (κ3) is 3.33. The van der Waals surface area contributed by atoms with Gasteiger partial charge in [0.2, 0.25) is 0 Å². The highest BCUT2D eigenvalue weighted by Gasteiger charge is 2.11. The van der Waals surface area contributed by atoms with E-state index in [1.165, 1.54) is 29.6 Å². The number of carbonyl (C=O) groups excluding carboxylic acids is 1. The van der Waals surface area contributed by atoms with Crippen LogP contribution in [0.4, 0.5) is 0 Å². The van der Waals surface area contributed by atoms with Gasteiger partial charge in [-0.3, -0.25) is 9.20 Å². The molecule has 2 aromatic carbocycles. The smallest absolute Gasteiger partial charge is 0.331 e. The van der Waals surface area contributed by atoms with Crippen molar-refractivity contribution < 1.29 is 9.53 Å². The van der Waals surface area contributed by atoms with Crippen LogP contribution in [0.25, 0.3) is 37.7 Å². The molecule has 0 N–H and O–H groups in total. The van der Waals surface area contributed by atoms with Gasteiger partial charge in [-0.15, -0.1) is 10.2 Å². The van der Waals surface area contributed by atoms with Gasteiger partial charge in [-0.1, -0.05) is 47.7 Å². The van der Waals surface area contributed by atoms with E-state index >= 15 is 0 Å². The van der Waals surface area contributed by atoms with E-state index in [2.05, 4.69) is 20.3 Å². The predicted octanol–water partition coefficient (Wildman–Crippen LogP) is 3.26. The summed E-state index contributed by atoms with van der Waals surface area (Å²) in [5.74, 6) is -0.193. The van der Waals surface area contributed by atoms with Gasteiger partial charge in [-0.05, 0) is 18.2 Å². The van der Waals surface area contributed by atoms with Gasteiger partial charge in [0.05, 0.1) is 22.1 Å². The lowest BCUT2D eigenvalue weighted by Crippen LogP contribution is -2.15. The summed E-state index contributed by atoms with van der Waals surface area (Å²) in [6.07, 6.45) is 4.45. The number of fused-ring (bicyclic) bond motifs is 6. The number of nitrogens with zero attached hydrogens (tertiary/aromatic N) is 6. The van der Waals surface area contributed by atoms with E-state index in [0.717, 1.165) is 21.0 Å². The zero-order valence-corrected chi connectivity index (χ0v) is 17.8. The number of esters is 1. The summed E-state index contributed by atoms with van der Waals surface area (Å²) >= 11 is 1.41. The fourth-order valence-electron chi connectivity index (χ4n) is 3.64. The summed E-state index contributed by atoms with van der Waals surface area (Å²) < 4.78 is 9.35. The Kier molecular flexibility index (Phi) is 4.44. The molecule has 0 saturated carbocycles. The van der Waals surface area contributed by atoms with E-state index in [4.69, 9.17) is 4.74 Å². The zero-order valence-electron chi connectivity index (χ0n) is 17.0. The fourth-order valence-corrected chi connectivity index (χ4v) is 4.69. The first-order valence-electron chi connectivity index (χ1n) is 10.0. The summed E-state index contributed by atoms with van der Waals surface area (Å²) in [5, 5.41) is 14.5. The van der Waals surface area contributed by atoms with Crippen LogP contribution in [-0.4, -0.2) is 35.2 Å². The lowest BCUT2D eigenvalue weighted by molar-refractivity contribution is -0.139. The Morgan fingerprint density at radius 3 is 2.88 bits per heavy atom. The monoisotopic (exact) mass is 454 g/mol. The third-order valence-corrected chi connectivity index (χ3v) is 6.18. The molecule has 0 atom stereocenters. The average molecular weight is 454 g/mol.